The highest BCUT2D eigenvalue weighted by Crippen LogP contribution is 2.68. The lowest BCUT2D eigenvalue weighted by atomic mass is 9.44. The van der Waals surface area contributed by atoms with Crippen LogP contribution in [0.15, 0.2) is 0 Å². The van der Waals surface area contributed by atoms with Gasteiger partial charge in [-0.2, -0.15) is 0 Å². The van der Waals surface area contributed by atoms with Crippen LogP contribution in [0.1, 0.15) is 97.8 Å². The van der Waals surface area contributed by atoms with Gasteiger partial charge in [0.2, 0.25) is 0 Å². The molecule has 4 aliphatic rings. The van der Waals surface area contributed by atoms with Gasteiger partial charge in [0.25, 0.3) is 0 Å². The van der Waals surface area contributed by atoms with Crippen LogP contribution >= 0.6 is 0 Å². The minimum atomic E-state index is -0.0335. The maximum atomic E-state index is 11.6. The Morgan fingerprint density at radius 1 is 0.963 bits per heavy atom. The highest BCUT2D eigenvalue weighted by Gasteiger charge is 2.60. The molecule has 4 aliphatic carbocycles. The van der Waals surface area contributed by atoms with E-state index in [0.717, 1.165) is 36.0 Å². The van der Waals surface area contributed by atoms with E-state index in [2.05, 4.69) is 20.8 Å². The van der Waals surface area contributed by atoms with Gasteiger partial charge in [-0.15, -0.1) is 0 Å². The molecular weight excluding hydrogens is 332 g/mol. The minimum Gasteiger partial charge on any atom is -0.469 e. The topological polar surface area (TPSA) is 26.3 Å². The first-order valence-electron chi connectivity index (χ1n) is 12.0. The Labute approximate surface area is 167 Å². The molecule has 0 spiro atoms. The Bertz CT molecular complexity index is 557. The molecule has 0 saturated heterocycles. The van der Waals surface area contributed by atoms with Crippen LogP contribution in [0.3, 0.4) is 0 Å². The molecule has 4 saturated carbocycles. The number of rotatable bonds is 4. The van der Waals surface area contributed by atoms with Crippen molar-refractivity contribution in [1.29, 1.82) is 0 Å². The molecule has 0 aromatic rings. The molecule has 8 atom stereocenters. The average molecular weight is 375 g/mol. The molecule has 0 aromatic heterocycles. The predicted molar refractivity (Wildman–Crippen MR) is 110 cm³/mol. The number of methoxy groups -OCH3 is 1. The highest BCUT2D eigenvalue weighted by molar-refractivity contribution is 5.69. The Kier molecular flexibility index (Phi) is 5.40. The zero-order valence-electron chi connectivity index (χ0n) is 18.3. The summed E-state index contributed by atoms with van der Waals surface area (Å²) in [6, 6.07) is 0. The van der Waals surface area contributed by atoms with Gasteiger partial charge < -0.3 is 4.74 Å². The van der Waals surface area contributed by atoms with Gasteiger partial charge in [-0.3, -0.25) is 4.79 Å². The Balaban J connectivity index is 1.49. The van der Waals surface area contributed by atoms with Crippen LogP contribution in [0.4, 0.5) is 0 Å². The third kappa shape index (κ3) is 3.18. The summed E-state index contributed by atoms with van der Waals surface area (Å²) in [4.78, 5) is 11.6. The highest BCUT2D eigenvalue weighted by atomic mass is 16.5. The summed E-state index contributed by atoms with van der Waals surface area (Å²) >= 11 is 0. The van der Waals surface area contributed by atoms with Crippen molar-refractivity contribution in [3.8, 4) is 0 Å². The normalized spacial score (nSPS) is 47.5. The van der Waals surface area contributed by atoms with Crippen LogP contribution in [0.5, 0.6) is 0 Å². The van der Waals surface area contributed by atoms with E-state index in [1.807, 2.05) is 0 Å². The van der Waals surface area contributed by atoms with Gasteiger partial charge >= 0.3 is 5.97 Å². The van der Waals surface area contributed by atoms with Gasteiger partial charge in [-0.25, -0.2) is 0 Å². The van der Waals surface area contributed by atoms with Crippen LogP contribution < -0.4 is 0 Å². The fraction of sp³-hybridized carbons (Fsp3) is 0.960. The number of carbonyl (C=O) groups excluding carboxylic acids is 1. The molecule has 0 radical (unpaired) electrons. The quantitative estimate of drug-likeness (QED) is 0.517. The SMILES string of the molecule is COC(=O)CC[C@@H](C)[C@H]1CC[C@H]2[C@@H]3CCC4CCCC[C@]4(C)[C@H]3CC[C@]12C. The van der Waals surface area contributed by atoms with Gasteiger partial charge in [0, 0.05) is 6.42 Å². The van der Waals surface area contributed by atoms with E-state index in [0.29, 0.717) is 23.2 Å². The summed E-state index contributed by atoms with van der Waals surface area (Å²) in [5.74, 6) is 5.38. The number of ether oxygens (including phenoxy) is 1. The molecule has 4 rings (SSSR count). The van der Waals surface area contributed by atoms with Crippen molar-refractivity contribution in [2.24, 2.45) is 46.3 Å². The lowest BCUT2D eigenvalue weighted by molar-refractivity contribution is -0.141. The number of hydrogen-bond acceptors (Lipinski definition) is 2. The summed E-state index contributed by atoms with van der Waals surface area (Å²) in [7, 11) is 1.52. The second-order valence-corrected chi connectivity index (χ2v) is 11.2. The van der Waals surface area contributed by atoms with E-state index < -0.39 is 0 Å². The second-order valence-electron chi connectivity index (χ2n) is 11.2. The number of fused-ring (bicyclic) bond motifs is 5. The first-order valence-corrected chi connectivity index (χ1v) is 12.0. The van der Waals surface area contributed by atoms with E-state index in [-0.39, 0.29) is 5.97 Å². The molecule has 0 amide bonds. The van der Waals surface area contributed by atoms with Gasteiger partial charge in [-0.05, 0) is 104 Å². The number of esters is 1. The van der Waals surface area contributed by atoms with Crippen LogP contribution in [-0.4, -0.2) is 13.1 Å². The molecule has 0 aliphatic heterocycles. The smallest absolute Gasteiger partial charge is 0.305 e. The van der Waals surface area contributed by atoms with Crippen molar-refractivity contribution >= 4 is 5.97 Å². The summed E-state index contributed by atoms with van der Waals surface area (Å²) in [5, 5.41) is 0. The van der Waals surface area contributed by atoms with Crippen LogP contribution in [0, 0.1) is 46.3 Å². The van der Waals surface area contributed by atoms with Crippen molar-refractivity contribution in [2.75, 3.05) is 7.11 Å². The third-order valence-corrected chi connectivity index (χ3v) is 10.4. The fourth-order valence-corrected chi connectivity index (χ4v) is 8.92. The van der Waals surface area contributed by atoms with Crippen molar-refractivity contribution in [3.05, 3.63) is 0 Å². The minimum absolute atomic E-state index is 0.0335. The molecule has 2 nitrogen and oxygen atoms in total. The largest absolute Gasteiger partial charge is 0.469 e. The molecule has 27 heavy (non-hydrogen) atoms. The zero-order chi connectivity index (χ0) is 19.2. The molecule has 4 fully saturated rings. The van der Waals surface area contributed by atoms with E-state index >= 15 is 0 Å². The Morgan fingerprint density at radius 3 is 2.52 bits per heavy atom. The molecule has 2 heteroatoms. The Hall–Kier alpha value is -0.530. The number of hydrogen-bond donors (Lipinski definition) is 0. The van der Waals surface area contributed by atoms with E-state index in [9.17, 15) is 4.79 Å². The first kappa shape index (κ1) is 19.8. The maximum Gasteiger partial charge on any atom is 0.305 e. The summed E-state index contributed by atoms with van der Waals surface area (Å²) in [6.07, 6.45) is 16.4. The lowest BCUT2D eigenvalue weighted by Crippen LogP contribution is -2.53. The van der Waals surface area contributed by atoms with Gasteiger partial charge in [0.15, 0.2) is 0 Å². The van der Waals surface area contributed by atoms with Crippen LogP contribution in [-0.2, 0) is 9.53 Å². The first-order chi connectivity index (χ1) is 12.9. The van der Waals surface area contributed by atoms with Crippen molar-refractivity contribution < 1.29 is 9.53 Å². The van der Waals surface area contributed by atoms with Crippen LogP contribution in [0.2, 0.25) is 0 Å². The maximum absolute atomic E-state index is 11.6. The van der Waals surface area contributed by atoms with Gasteiger partial charge in [-0.1, -0.05) is 33.6 Å². The zero-order valence-corrected chi connectivity index (χ0v) is 18.3. The molecule has 0 aromatic carbocycles. The van der Waals surface area contributed by atoms with E-state index in [1.54, 1.807) is 0 Å². The molecular formula is C25H42O2. The average Bonchev–Trinajstić information content (AvgIpc) is 3.02. The van der Waals surface area contributed by atoms with Gasteiger partial charge in [0.05, 0.1) is 7.11 Å². The monoisotopic (exact) mass is 374 g/mol. The summed E-state index contributed by atoms with van der Waals surface area (Å²) in [5.41, 5.74) is 1.17. The van der Waals surface area contributed by atoms with Crippen molar-refractivity contribution in [3.63, 3.8) is 0 Å². The van der Waals surface area contributed by atoms with E-state index in [1.165, 1.54) is 71.3 Å². The van der Waals surface area contributed by atoms with Gasteiger partial charge in [0.1, 0.15) is 0 Å². The third-order valence-electron chi connectivity index (χ3n) is 10.4. The second kappa shape index (κ2) is 7.38. The van der Waals surface area contributed by atoms with Crippen molar-refractivity contribution in [1.82, 2.24) is 0 Å². The molecule has 0 N–H and O–H groups in total. The van der Waals surface area contributed by atoms with E-state index in [4.69, 9.17) is 4.74 Å². The molecule has 0 bridgehead atoms. The molecule has 0 heterocycles. The number of carbonyl (C=O) groups is 1. The molecule has 154 valence electrons. The standard InChI is InChI=1S/C25H42O2/c1-17(8-13-23(26)27-4)20-11-12-21-19-10-9-18-7-5-6-15-24(18,2)22(19)14-16-25(20,21)3/h17-22H,5-16H2,1-4H3/t17-,18?,19+,20-,21+,22+,24+,25-/m1/s1. The van der Waals surface area contributed by atoms with Crippen LogP contribution in [0.25, 0.3) is 0 Å². The summed E-state index contributed by atoms with van der Waals surface area (Å²) in [6.45, 7) is 7.73. The van der Waals surface area contributed by atoms with Crippen molar-refractivity contribution in [2.45, 2.75) is 97.8 Å². The molecule has 1 unspecified atom stereocenters. The fourth-order valence-electron chi connectivity index (χ4n) is 8.92. The Morgan fingerprint density at radius 2 is 1.74 bits per heavy atom. The predicted octanol–water partition coefficient (Wildman–Crippen LogP) is 6.62. The summed E-state index contributed by atoms with van der Waals surface area (Å²) < 4.78 is 4.89. The lowest BCUT2D eigenvalue weighted by Gasteiger charge is -2.61.